The Morgan fingerprint density at radius 1 is 1.40 bits per heavy atom. The molecule has 1 aromatic rings. The summed E-state index contributed by atoms with van der Waals surface area (Å²) in [6.07, 6.45) is 4.62. The Bertz CT molecular complexity index is 432. The third kappa shape index (κ3) is 4.76. The Labute approximate surface area is 121 Å². The number of hydrogen-bond acceptors (Lipinski definition) is 3. The fourth-order valence-corrected chi connectivity index (χ4v) is 2.13. The lowest BCUT2D eigenvalue weighted by molar-refractivity contribution is 0.0946. The van der Waals surface area contributed by atoms with Crippen molar-refractivity contribution < 1.29 is 9.53 Å². The highest BCUT2D eigenvalue weighted by molar-refractivity contribution is 5.99. The van der Waals surface area contributed by atoms with Crippen LogP contribution in [-0.4, -0.2) is 19.6 Å². The number of methoxy groups -OCH3 is 1. The fourth-order valence-electron chi connectivity index (χ4n) is 2.13. The van der Waals surface area contributed by atoms with Crippen LogP contribution in [-0.2, 0) is 0 Å². The van der Waals surface area contributed by atoms with Gasteiger partial charge in [-0.25, -0.2) is 0 Å². The van der Waals surface area contributed by atoms with Gasteiger partial charge in [-0.3, -0.25) is 4.79 Å². The summed E-state index contributed by atoms with van der Waals surface area (Å²) in [7, 11) is 1.57. The molecule has 1 aromatic carbocycles. The molecule has 0 heterocycles. The Morgan fingerprint density at radius 3 is 2.75 bits per heavy atom. The second kappa shape index (κ2) is 8.46. The van der Waals surface area contributed by atoms with Crippen LogP contribution < -0.4 is 15.8 Å². The number of nitrogen functional groups attached to an aromatic ring is 1. The highest BCUT2D eigenvalue weighted by Crippen LogP contribution is 2.19. The number of anilines is 1. The molecule has 0 bridgehead atoms. The average molecular weight is 278 g/mol. The summed E-state index contributed by atoms with van der Waals surface area (Å²) in [5.41, 5.74) is 6.81. The summed E-state index contributed by atoms with van der Waals surface area (Å²) >= 11 is 0. The van der Waals surface area contributed by atoms with E-state index in [4.69, 9.17) is 10.5 Å². The van der Waals surface area contributed by atoms with E-state index in [1.807, 2.05) is 0 Å². The molecule has 112 valence electrons. The Hall–Kier alpha value is -1.71. The molecule has 4 heteroatoms. The smallest absolute Gasteiger partial charge is 0.253 e. The molecule has 1 amide bonds. The quantitative estimate of drug-likeness (QED) is 0.718. The second-order valence-corrected chi connectivity index (χ2v) is 5.08. The molecule has 0 saturated carbocycles. The molecule has 0 aliphatic carbocycles. The molecule has 0 aliphatic heterocycles. The van der Waals surface area contributed by atoms with Gasteiger partial charge in [-0.05, 0) is 30.5 Å². The number of ether oxygens (including phenoxy) is 1. The van der Waals surface area contributed by atoms with Crippen LogP contribution in [0, 0.1) is 5.92 Å². The minimum Gasteiger partial charge on any atom is -0.497 e. The first-order chi connectivity index (χ1) is 9.62. The van der Waals surface area contributed by atoms with Crippen molar-refractivity contribution in [3.05, 3.63) is 23.8 Å². The van der Waals surface area contributed by atoms with E-state index < -0.39 is 0 Å². The van der Waals surface area contributed by atoms with Gasteiger partial charge in [-0.1, -0.05) is 33.1 Å². The Kier molecular flexibility index (Phi) is 6.91. The molecule has 4 nitrogen and oxygen atoms in total. The lowest BCUT2D eigenvalue weighted by atomic mass is 9.99. The zero-order chi connectivity index (χ0) is 15.0. The topological polar surface area (TPSA) is 64.3 Å². The molecule has 0 aromatic heterocycles. The summed E-state index contributed by atoms with van der Waals surface area (Å²) in [4.78, 5) is 12.2. The molecule has 1 rings (SSSR count). The molecular formula is C16H26N2O2. The number of hydrogen-bond donors (Lipinski definition) is 2. The molecular weight excluding hydrogens is 252 g/mol. The molecule has 1 unspecified atom stereocenters. The molecule has 3 N–H and O–H groups in total. The highest BCUT2D eigenvalue weighted by atomic mass is 16.5. The third-order valence-electron chi connectivity index (χ3n) is 3.60. The van der Waals surface area contributed by atoms with Gasteiger partial charge in [0, 0.05) is 12.2 Å². The van der Waals surface area contributed by atoms with Crippen LogP contribution in [0.25, 0.3) is 0 Å². The maximum absolute atomic E-state index is 12.2. The van der Waals surface area contributed by atoms with Crippen LogP contribution in [0.2, 0.25) is 0 Å². The monoisotopic (exact) mass is 278 g/mol. The summed E-state index contributed by atoms with van der Waals surface area (Å²) in [6, 6.07) is 5.13. The van der Waals surface area contributed by atoms with Gasteiger partial charge in [0.05, 0.1) is 12.7 Å². The Morgan fingerprint density at radius 2 is 2.15 bits per heavy atom. The van der Waals surface area contributed by atoms with Gasteiger partial charge >= 0.3 is 0 Å². The van der Waals surface area contributed by atoms with Crippen LogP contribution in [0.1, 0.15) is 49.9 Å². The largest absolute Gasteiger partial charge is 0.497 e. The van der Waals surface area contributed by atoms with E-state index in [0.717, 1.165) is 12.8 Å². The normalized spacial score (nSPS) is 11.9. The standard InChI is InChI=1S/C16H26N2O2/c1-4-6-7-12(5-2)11-18-16(19)14-10-13(20-3)8-9-15(14)17/h8-10,12H,4-7,11,17H2,1-3H3,(H,18,19). The summed E-state index contributed by atoms with van der Waals surface area (Å²) in [5.74, 6) is 1.05. The van der Waals surface area contributed by atoms with Crippen molar-refractivity contribution in [1.29, 1.82) is 0 Å². The fraction of sp³-hybridized carbons (Fsp3) is 0.562. The molecule has 1 atom stereocenters. The zero-order valence-electron chi connectivity index (χ0n) is 12.7. The van der Waals surface area contributed by atoms with Crippen molar-refractivity contribution in [2.45, 2.75) is 39.5 Å². The summed E-state index contributed by atoms with van der Waals surface area (Å²) in [5, 5.41) is 2.98. The predicted octanol–water partition coefficient (Wildman–Crippen LogP) is 3.22. The number of nitrogens with one attached hydrogen (secondary N) is 1. The lowest BCUT2D eigenvalue weighted by Gasteiger charge is -2.16. The van der Waals surface area contributed by atoms with Gasteiger partial charge in [0.15, 0.2) is 0 Å². The minimum atomic E-state index is -0.128. The predicted molar refractivity (Wildman–Crippen MR) is 83.0 cm³/mol. The van der Waals surface area contributed by atoms with Crippen molar-refractivity contribution in [3.8, 4) is 5.75 Å². The third-order valence-corrected chi connectivity index (χ3v) is 3.60. The van der Waals surface area contributed by atoms with Gasteiger partial charge in [0.2, 0.25) is 0 Å². The average Bonchev–Trinajstić information content (AvgIpc) is 2.47. The van der Waals surface area contributed by atoms with Crippen LogP contribution in [0.15, 0.2) is 18.2 Å². The number of amides is 1. The van der Waals surface area contributed by atoms with Crippen molar-refractivity contribution in [2.75, 3.05) is 19.4 Å². The van der Waals surface area contributed by atoms with E-state index in [0.29, 0.717) is 29.5 Å². The van der Waals surface area contributed by atoms with Gasteiger partial charge in [0.25, 0.3) is 5.91 Å². The Balaban J connectivity index is 2.61. The van der Waals surface area contributed by atoms with E-state index in [9.17, 15) is 4.79 Å². The number of carbonyl (C=O) groups is 1. The first kappa shape index (κ1) is 16.3. The van der Waals surface area contributed by atoms with Crippen LogP contribution in [0.4, 0.5) is 5.69 Å². The van der Waals surface area contributed by atoms with Crippen molar-refractivity contribution >= 4 is 11.6 Å². The van der Waals surface area contributed by atoms with Crippen LogP contribution in [0.5, 0.6) is 5.75 Å². The minimum absolute atomic E-state index is 0.128. The molecule has 0 radical (unpaired) electrons. The zero-order valence-corrected chi connectivity index (χ0v) is 12.7. The van der Waals surface area contributed by atoms with Gasteiger partial charge < -0.3 is 15.8 Å². The van der Waals surface area contributed by atoms with E-state index >= 15 is 0 Å². The molecule has 0 saturated heterocycles. The van der Waals surface area contributed by atoms with E-state index in [1.54, 1.807) is 25.3 Å². The van der Waals surface area contributed by atoms with E-state index in [2.05, 4.69) is 19.2 Å². The number of nitrogens with two attached hydrogens (primary N) is 1. The van der Waals surface area contributed by atoms with Gasteiger partial charge in [-0.2, -0.15) is 0 Å². The maximum atomic E-state index is 12.2. The van der Waals surface area contributed by atoms with Crippen LogP contribution in [0.3, 0.4) is 0 Å². The van der Waals surface area contributed by atoms with E-state index in [1.165, 1.54) is 12.8 Å². The highest BCUT2D eigenvalue weighted by Gasteiger charge is 2.13. The lowest BCUT2D eigenvalue weighted by Crippen LogP contribution is -2.29. The van der Waals surface area contributed by atoms with Crippen molar-refractivity contribution in [1.82, 2.24) is 5.32 Å². The molecule has 0 spiro atoms. The second-order valence-electron chi connectivity index (χ2n) is 5.08. The first-order valence-electron chi connectivity index (χ1n) is 7.34. The molecule has 0 aliphatic rings. The maximum Gasteiger partial charge on any atom is 0.253 e. The number of carbonyl (C=O) groups excluding carboxylic acids is 1. The number of unbranched alkanes of at least 4 members (excludes halogenated alkanes) is 1. The van der Waals surface area contributed by atoms with Crippen molar-refractivity contribution in [2.24, 2.45) is 5.92 Å². The van der Waals surface area contributed by atoms with Gasteiger partial charge in [-0.15, -0.1) is 0 Å². The van der Waals surface area contributed by atoms with E-state index in [-0.39, 0.29) is 5.91 Å². The number of rotatable bonds is 8. The van der Waals surface area contributed by atoms with Gasteiger partial charge in [0.1, 0.15) is 5.75 Å². The van der Waals surface area contributed by atoms with Crippen LogP contribution >= 0.6 is 0 Å². The molecule has 20 heavy (non-hydrogen) atoms. The number of benzene rings is 1. The molecule has 0 fully saturated rings. The SMILES string of the molecule is CCCCC(CC)CNC(=O)c1cc(OC)ccc1N. The summed E-state index contributed by atoms with van der Waals surface area (Å²) in [6.45, 7) is 5.04. The van der Waals surface area contributed by atoms with Crippen molar-refractivity contribution in [3.63, 3.8) is 0 Å². The summed E-state index contributed by atoms with van der Waals surface area (Å²) < 4.78 is 5.12. The first-order valence-corrected chi connectivity index (χ1v) is 7.34.